The Balaban J connectivity index is 0.000000198. The summed E-state index contributed by atoms with van der Waals surface area (Å²) in [6.45, 7) is 19.8. The zero-order chi connectivity index (χ0) is 42.4. The molecule has 16 heteroatoms. The minimum Gasteiger partial charge on any atom is -0.379 e. The first-order valence-electron chi connectivity index (χ1n) is 20.1. The normalized spacial score (nSPS) is 16.9. The van der Waals surface area contributed by atoms with Crippen molar-refractivity contribution in [1.82, 2.24) is 34.6 Å². The summed E-state index contributed by atoms with van der Waals surface area (Å²) in [5.41, 5.74) is 7.87. The summed E-state index contributed by atoms with van der Waals surface area (Å²) in [6, 6.07) is 12.1. The number of aromatic nitrogens is 3. The number of hydrogen-bond donors (Lipinski definition) is 0. The van der Waals surface area contributed by atoms with Gasteiger partial charge in [-0.25, -0.2) is 0 Å². The summed E-state index contributed by atoms with van der Waals surface area (Å²) >= 11 is 12.1. The zero-order valence-electron chi connectivity index (χ0n) is 35.6. The fourth-order valence-corrected chi connectivity index (χ4v) is 6.72. The molecule has 3 aliphatic rings. The van der Waals surface area contributed by atoms with Gasteiger partial charge in [0, 0.05) is 98.5 Å². The number of carbonyl (C=O) groups excluding carboxylic acids is 1. The molecule has 3 aliphatic heterocycles. The monoisotopic (exact) mass is 863 g/mol. The van der Waals surface area contributed by atoms with Gasteiger partial charge >= 0.3 is 0 Å². The van der Waals surface area contributed by atoms with Gasteiger partial charge in [0.15, 0.2) is 5.78 Å². The van der Waals surface area contributed by atoms with Gasteiger partial charge in [-0.05, 0) is 55.0 Å². The molecule has 0 aliphatic carbocycles. The third-order valence-corrected chi connectivity index (χ3v) is 11.5. The van der Waals surface area contributed by atoms with Crippen LogP contribution in [0.15, 0.2) is 65.0 Å². The van der Waals surface area contributed by atoms with Crippen molar-refractivity contribution in [3.63, 3.8) is 0 Å². The topological polar surface area (TPSA) is 121 Å². The van der Waals surface area contributed by atoms with E-state index in [0.717, 1.165) is 136 Å². The first-order valence-corrected chi connectivity index (χ1v) is 22.1. The fourth-order valence-electron chi connectivity index (χ4n) is 6.39. The van der Waals surface area contributed by atoms with Gasteiger partial charge in [-0.1, -0.05) is 42.6 Å². The molecule has 0 N–H and O–H groups in total. The molecule has 0 atom stereocenters. The van der Waals surface area contributed by atoms with Gasteiger partial charge in [0.05, 0.1) is 84.7 Å². The molecule has 3 saturated heterocycles. The first kappa shape index (κ1) is 48.2. The van der Waals surface area contributed by atoms with Crippen molar-refractivity contribution in [2.45, 2.75) is 40.4 Å². The number of morpholine rings is 3. The molecule has 0 bridgehead atoms. The first-order chi connectivity index (χ1) is 28.5. The number of aliphatic imine (C=N–C) groups is 2. The molecule has 6 heterocycles. The van der Waals surface area contributed by atoms with Crippen LogP contribution in [0.25, 0.3) is 0 Å². The van der Waals surface area contributed by atoms with Gasteiger partial charge in [0.25, 0.3) is 0 Å². The average molecular weight is 864 g/mol. The highest BCUT2D eigenvalue weighted by molar-refractivity contribution is 8.22. The number of ether oxygens (including phenoxy) is 3. The van der Waals surface area contributed by atoms with Crippen LogP contribution in [0, 0.1) is 0 Å². The minimum absolute atomic E-state index is 0.0314. The van der Waals surface area contributed by atoms with E-state index in [2.05, 4.69) is 51.8 Å². The van der Waals surface area contributed by atoms with E-state index >= 15 is 0 Å². The molecule has 3 fully saturated rings. The molecule has 0 spiro atoms. The number of rotatable bonds is 13. The van der Waals surface area contributed by atoms with Crippen LogP contribution < -0.4 is 0 Å². The van der Waals surface area contributed by atoms with E-state index in [-0.39, 0.29) is 5.78 Å². The number of likely N-dealkylation sites (N-methyl/N-ethyl adjacent to an activating group) is 1. The molecular formula is C43H61N9O4S3. The zero-order valence-corrected chi connectivity index (χ0v) is 38.0. The molecule has 0 aromatic carbocycles. The molecule has 0 radical (unpaired) electrons. The Morgan fingerprint density at radius 3 is 1.36 bits per heavy atom. The van der Waals surface area contributed by atoms with E-state index in [1.807, 2.05) is 75.8 Å². The van der Waals surface area contributed by atoms with Gasteiger partial charge in [-0.15, -0.1) is 11.8 Å². The number of pyridine rings is 3. The summed E-state index contributed by atoms with van der Waals surface area (Å²) in [6.07, 6.45) is 7.29. The minimum atomic E-state index is 0.0314. The molecule has 0 amide bonds. The Morgan fingerprint density at radius 2 is 1.00 bits per heavy atom. The largest absolute Gasteiger partial charge is 0.379 e. The number of carbonyl (C=O) groups is 1. The molecule has 3 aromatic rings. The molecule has 3 aromatic heterocycles. The van der Waals surface area contributed by atoms with Crippen molar-refractivity contribution in [2.24, 2.45) is 9.98 Å². The Morgan fingerprint density at radius 1 is 0.644 bits per heavy atom. The van der Waals surface area contributed by atoms with Crippen LogP contribution in [0.2, 0.25) is 0 Å². The second-order valence-corrected chi connectivity index (χ2v) is 16.5. The summed E-state index contributed by atoms with van der Waals surface area (Å²) in [7, 11) is 3.88. The second-order valence-electron chi connectivity index (χ2n) is 14.4. The Bertz CT molecular complexity index is 1840. The van der Waals surface area contributed by atoms with Crippen LogP contribution in [0.5, 0.6) is 0 Å². The van der Waals surface area contributed by atoms with Gasteiger partial charge in [0.2, 0.25) is 0 Å². The van der Waals surface area contributed by atoms with Crippen molar-refractivity contribution in [2.75, 3.05) is 112 Å². The summed E-state index contributed by atoms with van der Waals surface area (Å²) in [5.74, 6) is 0.0314. The molecule has 59 heavy (non-hydrogen) atoms. The maximum Gasteiger partial charge on any atom is 0.178 e. The third-order valence-electron chi connectivity index (χ3n) is 9.81. The highest BCUT2D eigenvalue weighted by atomic mass is 32.2. The van der Waals surface area contributed by atoms with Crippen LogP contribution in [-0.2, 0) is 33.8 Å². The number of thioether (sulfide) groups is 1. The van der Waals surface area contributed by atoms with Crippen molar-refractivity contribution in [1.29, 1.82) is 0 Å². The van der Waals surface area contributed by atoms with Gasteiger partial charge in [-0.3, -0.25) is 44.4 Å². The Kier molecular flexibility index (Phi) is 21.8. The van der Waals surface area contributed by atoms with E-state index in [1.165, 1.54) is 11.1 Å². The molecule has 320 valence electrons. The van der Waals surface area contributed by atoms with Crippen molar-refractivity contribution in [3.05, 3.63) is 88.8 Å². The second kappa shape index (κ2) is 26.7. The Hall–Kier alpha value is -3.45. The van der Waals surface area contributed by atoms with E-state index in [1.54, 1.807) is 24.9 Å². The number of nitrogens with zero attached hydrogens (tertiary/aromatic N) is 9. The van der Waals surface area contributed by atoms with Crippen LogP contribution in [0.4, 0.5) is 0 Å². The van der Waals surface area contributed by atoms with Gasteiger partial charge < -0.3 is 19.1 Å². The average Bonchev–Trinajstić information content (AvgIpc) is 3.26. The van der Waals surface area contributed by atoms with Gasteiger partial charge in [-0.2, -0.15) is 0 Å². The number of thiocarbonyl (C=S) groups is 2. The highest BCUT2D eigenvalue weighted by Crippen LogP contribution is 2.15. The molecule has 13 nitrogen and oxygen atoms in total. The lowest BCUT2D eigenvalue weighted by Crippen LogP contribution is -2.36. The summed E-state index contributed by atoms with van der Waals surface area (Å²) in [4.78, 5) is 43.5. The van der Waals surface area contributed by atoms with E-state index in [0.29, 0.717) is 18.8 Å². The maximum atomic E-state index is 11.4. The lowest BCUT2D eigenvalue weighted by molar-refractivity contribution is 0.0340. The van der Waals surface area contributed by atoms with Crippen molar-refractivity contribution < 1.29 is 19.0 Å². The van der Waals surface area contributed by atoms with Crippen LogP contribution in [0.1, 0.15) is 59.3 Å². The van der Waals surface area contributed by atoms with E-state index in [9.17, 15) is 4.79 Å². The SMILES string of the molecule is CC(=NCC(=S)N(C)C)c1ncccc1CN1CCOCC1.CC(=O)c1ncccc1CN1CCOCC1.CSC(=S)CN=C(C)c1ncccc1CN1CCOCC1. The molecule has 0 unspecified atom stereocenters. The van der Waals surface area contributed by atoms with Gasteiger partial charge in [0.1, 0.15) is 5.69 Å². The lowest BCUT2D eigenvalue weighted by atomic mass is 10.1. The van der Waals surface area contributed by atoms with Crippen LogP contribution in [-0.4, -0.2) is 173 Å². The summed E-state index contributed by atoms with van der Waals surface area (Å²) in [5, 5.41) is 0. The number of Topliss-reactive ketones (excluding diaryl/α,β-unsaturated/α-hetero) is 1. The lowest BCUT2D eigenvalue weighted by Gasteiger charge is -2.27. The summed E-state index contributed by atoms with van der Waals surface area (Å²) < 4.78 is 17.0. The van der Waals surface area contributed by atoms with Crippen molar-refractivity contribution in [3.8, 4) is 0 Å². The highest BCUT2D eigenvalue weighted by Gasteiger charge is 2.17. The smallest absolute Gasteiger partial charge is 0.178 e. The van der Waals surface area contributed by atoms with E-state index < -0.39 is 0 Å². The van der Waals surface area contributed by atoms with E-state index in [4.69, 9.17) is 38.6 Å². The van der Waals surface area contributed by atoms with Crippen LogP contribution in [0.3, 0.4) is 0 Å². The predicted molar refractivity (Wildman–Crippen MR) is 248 cm³/mol. The molecular weight excluding hydrogens is 803 g/mol. The number of ketones is 1. The maximum absolute atomic E-state index is 11.4. The fraction of sp³-hybridized carbons (Fsp3) is 0.535. The molecule has 0 saturated carbocycles. The molecule has 6 rings (SSSR count). The number of hydrogen-bond acceptors (Lipinski definition) is 15. The third kappa shape index (κ3) is 17.2. The van der Waals surface area contributed by atoms with Crippen molar-refractivity contribution >= 4 is 62.6 Å². The Labute approximate surface area is 366 Å². The standard InChI is InChI=1S/C16H24N4OS.C15H21N3OS2.C12H16N2O2/c1-13(18-11-15(22)19(2)3)16-14(5-4-6-17-16)12-20-7-9-21-10-8-20;1-12(17-10-14(20)21-2)15-13(4-3-5-16-15)11-18-6-8-19-9-7-18;1-10(15)12-11(3-2-4-13-12)9-14-5-7-16-8-6-14/h4-6H,7-12H2,1-3H3;3-5H,6-11H2,1-2H3;2-4H,5-9H2,1H3. The predicted octanol–water partition coefficient (Wildman–Crippen LogP) is 5.14. The quantitative estimate of drug-likeness (QED) is 0.128. The van der Waals surface area contributed by atoms with Crippen LogP contribution >= 0.6 is 36.2 Å².